The molecular formula is C11H13N5O3. The van der Waals surface area contributed by atoms with Crippen LogP contribution in [0.25, 0.3) is 0 Å². The zero-order valence-corrected chi connectivity index (χ0v) is 10.2. The lowest BCUT2D eigenvalue weighted by atomic mass is 10.1. The molecule has 0 amide bonds. The molecule has 0 saturated heterocycles. The van der Waals surface area contributed by atoms with Crippen molar-refractivity contribution in [3.8, 4) is 5.75 Å². The zero-order chi connectivity index (χ0) is 13.8. The SMILES string of the molecule is COC(=O)[C@@H](Cc1ccc(O)cc1)n1nnnc1N. The lowest BCUT2D eigenvalue weighted by Crippen LogP contribution is -2.25. The zero-order valence-electron chi connectivity index (χ0n) is 10.2. The number of hydrogen-bond acceptors (Lipinski definition) is 7. The summed E-state index contributed by atoms with van der Waals surface area (Å²) in [5.41, 5.74) is 6.41. The number of rotatable bonds is 4. The van der Waals surface area contributed by atoms with Gasteiger partial charge in [-0.15, -0.1) is 0 Å². The van der Waals surface area contributed by atoms with E-state index in [2.05, 4.69) is 15.5 Å². The molecule has 0 spiro atoms. The van der Waals surface area contributed by atoms with Gasteiger partial charge in [0.1, 0.15) is 5.75 Å². The second-order valence-corrected chi connectivity index (χ2v) is 3.89. The molecule has 1 heterocycles. The van der Waals surface area contributed by atoms with Gasteiger partial charge in [-0.05, 0) is 28.1 Å². The van der Waals surface area contributed by atoms with Gasteiger partial charge in [0.15, 0.2) is 6.04 Å². The van der Waals surface area contributed by atoms with E-state index in [9.17, 15) is 9.90 Å². The Labute approximate surface area is 108 Å². The molecule has 1 atom stereocenters. The molecule has 0 fully saturated rings. The molecule has 100 valence electrons. The number of ether oxygens (including phenoxy) is 1. The van der Waals surface area contributed by atoms with Gasteiger partial charge in [-0.1, -0.05) is 17.2 Å². The molecule has 1 aromatic heterocycles. The number of esters is 1. The molecule has 8 nitrogen and oxygen atoms in total. The van der Waals surface area contributed by atoms with Crippen molar-refractivity contribution < 1.29 is 14.6 Å². The molecular weight excluding hydrogens is 250 g/mol. The lowest BCUT2D eigenvalue weighted by molar-refractivity contribution is -0.144. The summed E-state index contributed by atoms with van der Waals surface area (Å²) >= 11 is 0. The maximum atomic E-state index is 11.8. The molecule has 0 aliphatic rings. The van der Waals surface area contributed by atoms with Gasteiger partial charge >= 0.3 is 5.97 Å². The molecule has 2 aromatic rings. The Morgan fingerprint density at radius 3 is 2.68 bits per heavy atom. The van der Waals surface area contributed by atoms with Gasteiger partial charge in [0.2, 0.25) is 5.95 Å². The number of nitrogen functional groups attached to an aromatic ring is 1. The highest BCUT2D eigenvalue weighted by atomic mass is 16.5. The molecule has 0 radical (unpaired) electrons. The molecule has 1 aromatic carbocycles. The minimum absolute atomic E-state index is 0.0363. The minimum Gasteiger partial charge on any atom is -0.508 e. The first-order valence-electron chi connectivity index (χ1n) is 5.51. The van der Waals surface area contributed by atoms with E-state index in [1.807, 2.05) is 0 Å². The molecule has 0 aliphatic carbocycles. The van der Waals surface area contributed by atoms with Gasteiger partial charge in [-0.2, -0.15) is 4.68 Å². The maximum Gasteiger partial charge on any atom is 0.331 e. The Bertz CT molecular complexity index is 566. The van der Waals surface area contributed by atoms with Gasteiger partial charge < -0.3 is 15.6 Å². The number of phenols is 1. The summed E-state index contributed by atoms with van der Waals surface area (Å²) in [7, 11) is 1.28. The highest BCUT2D eigenvalue weighted by Gasteiger charge is 2.25. The molecule has 0 unspecified atom stereocenters. The van der Waals surface area contributed by atoms with E-state index < -0.39 is 12.0 Å². The Balaban J connectivity index is 2.27. The predicted molar refractivity (Wildman–Crippen MR) is 65.1 cm³/mol. The van der Waals surface area contributed by atoms with E-state index in [0.717, 1.165) is 5.56 Å². The normalized spacial score (nSPS) is 12.1. The minimum atomic E-state index is -0.746. The van der Waals surface area contributed by atoms with Crippen molar-refractivity contribution in [1.82, 2.24) is 20.2 Å². The van der Waals surface area contributed by atoms with Crippen LogP contribution in [0.15, 0.2) is 24.3 Å². The van der Waals surface area contributed by atoms with Crippen molar-refractivity contribution >= 4 is 11.9 Å². The third kappa shape index (κ3) is 2.79. The van der Waals surface area contributed by atoms with Crippen LogP contribution < -0.4 is 5.73 Å². The van der Waals surface area contributed by atoms with Crippen molar-refractivity contribution in [1.29, 1.82) is 0 Å². The molecule has 0 bridgehead atoms. The van der Waals surface area contributed by atoms with E-state index in [1.54, 1.807) is 12.1 Å². The van der Waals surface area contributed by atoms with Crippen LogP contribution in [0.2, 0.25) is 0 Å². The summed E-state index contributed by atoms with van der Waals surface area (Å²) in [6.45, 7) is 0. The van der Waals surface area contributed by atoms with Crippen LogP contribution in [-0.2, 0) is 16.0 Å². The van der Waals surface area contributed by atoms with Gasteiger partial charge in [-0.3, -0.25) is 0 Å². The van der Waals surface area contributed by atoms with E-state index >= 15 is 0 Å². The van der Waals surface area contributed by atoms with Crippen LogP contribution >= 0.6 is 0 Å². The largest absolute Gasteiger partial charge is 0.508 e. The van der Waals surface area contributed by atoms with E-state index in [-0.39, 0.29) is 11.7 Å². The number of nitrogens with zero attached hydrogens (tertiary/aromatic N) is 4. The Morgan fingerprint density at radius 1 is 1.47 bits per heavy atom. The van der Waals surface area contributed by atoms with Gasteiger partial charge in [0.25, 0.3) is 0 Å². The van der Waals surface area contributed by atoms with E-state index in [4.69, 9.17) is 10.5 Å². The Kier molecular flexibility index (Phi) is 3.60. The smallest absolute Gasteiger partial charge is 0.331 e. The highest BCUT2D eigenvalue weighted by Crippen LogP contribution is 2.19. The fraction of sp³-hybridized carbons (Fsp3) is 0.273. The molecule has 0 aliphatic heterocycles. The number of benzene rings is 1. The van der Waals surface area contributed by atoms with Gasteiger partial charge in [0.05, 0.1) is 7.11 Å². The average molecular weight is 263 g/mol. The van der Waals surface area contributed by atoms with Crippen LogP contribution in [-0.4, -0.2) is 38.4 Å². The Morgan fingerprint density at radius 2 is 2.16 bits per heavy atom. The number of carbonyl (C=O) groups is 1. The van der Waals surface area contributed by atoms with Crippen LogP contribution in [0.3, 0.4) is 0 Å². The standard InChI is InChI=1S/C11H13N5O3/c1-19-10(18)9(16-11(12)13-14-15-16)6-7-2-4-8(17)5-3-7/h2-5,9,17H,6H2,1H3,(H2,12,13,15)/t9-/m1/s1. The summed E-state index contributed by atoms with van der Waals surface area (Å²) in [6, 6.07) is 5.72. The predicted octanol–water partition coefficient (Wildman–Crippen LogP) is -0.0823. The molecule has 2 rings (SSSR count). The van der Waals surface area contributed by atoms with Crippen molar-refractivity contribution in [2.75, 3.05) is 12.8 Å². The van der Waals surface area contributed by atoms with Gasteiger partial charge in [-0.25, -0.2) is 4.79 Å². The average Bonchev–Trinajstić information content (AvgIpc) is 2.83. The maximum absolute atomic E-state index is 11.8. The third-order valence-electron chi connectivity index (χ3n) is 2.65. The van der Waals surface area contributed by atoms with Crippen LogP contribution in [0.1, 0.15) is 11.6 Å². The second kappa shape index (κ2) is 5.34. The summed E-state index contributed by atoms with van der Waals surface area (Å²) < 4.78 is 5.93. The van der Waals surface area contributed by atoms with E-state index in [1.165, 1.54) is 23.9 Å². The van der Waals surface area contributed by atoms with Crippen LogP contribution in [0.4, 0.5) is 5.95 Å². The summed E-state index contributed by atoms with van der Waals surface area (Å²) in [4.78, 5) is 11.8. The fourth-order valence-electron chi connectivity index (χ4n) is 1.68. The lowest BCUT2D eigenvalue weighted by Gasteiger charge is -2.14. The fourth-order valence-corrected chi connectivity index (χ4v) is 1.68. The number of hydrogen-bond donors (Lipinski definition) is 2. The van der Waals surface area contributed by atoms with Gasteiger partial charge in [0, 0.05) is 6.42 Å². The van der Waals surface area contributed by atoms with Crippen molar-refractivity contribution in [3.63, 3.8) is 0 Å². The van der Waals surface area contributed by atoms with Crippen LogP contribution in [0.5, 0.6) is 5.75 Å². The molecule has 0 saturated carbocycles. The van der Waals surface area contributed by atoms with Crippen molar-refractivity contribution in [2.45, 2.75) is 12.5 Å². The first-order valence-corrected chi connectivity index (χ1v) is 5.51. The number of carbonyl (C=O) groups excluding carboxylic acids is 1. The summed E-state index contributed by atoms with van der Waals surface area (Å²) in [5.74, 6) is -0.304. The number of anilines is 1. The number of aromatic nitrogens is 4. The summed E-state index contributed by atoms with van der Waals surface area (Å²) in [5, 5.41) is 19.9. The highest BCUT2D eigenvalue weighted by molar-refractivity contribution is 5.74. The van der Waals surface area contributed by atoms with Crippen molar-refractivity contribution in [3.05, 3.63) is 29.8 Å². The first-order chi connectivity index (χ1) is 9.11. The first kappa shape index (κ1) is 12.8. The second-order valence-electron chi connectivity index (χ2n) is 3.89. The number of aromatic hydroxyl groups is 1. The van der Waals surface area contributed by atoms with E-state index in [0.29, 0.717) is 6.42 Å². The summed E-state index contributed by atoms with van der Waals surface area (Å²) in [6.07, 6.45) is 0.308. The molecule has 19 heavy (non-hydrogen) atoms. The molecule has 8 heteroatoms. The number of tetrazole rings is 1. The molecule has 3 N–H and O–H groups in total. The van der Waals surface area contributed by atoms with Crippen molar-refractivity contribution in [2.24, 2.45) is 0 Å². The topological polar surface area (TPSA) is 116 Å². The number of methoxy groups -OCH3 is 1. The number of phenolic OH excluding ortho intramolecular Hbond substituents is 1. The monoisotopic (exact) mass is 263 g/mol. The number of nitrogens with two attached hydrogens (primary N) is 1. The van der Waals surface area contributed by atoms with Crippen LogP contribution in [0, 0.1) is 0 Å². The third-order valence-corrected chi connectivity index (χ3v) is 2.65. The Hall–Kier alpha value is -2.64. The quantitative estimate of drug-likeness (QED) is 0.741.